The van der Waals surface area contributed by atoms with Crippen LogP contribution in [0.3, 0.4) is 0 Å². The lowest BCUT2D eigenvalue weighted by Crippen LogP contribution is -2.38. The van der Waals surface area contributed by atoms with Crippen LogP contribution in [0, 0.1) is 0 Å². The average molecular weight is 365 g/mol. The van der Waals surface area contributed by atoms with Crippen LogP contribution in [-0.2, 0) is 4.79 Å². The third-order valence-electron chi connectivity index (χ3n) is 4.20. The van der Waals surface area contributed by atoms with Crippen molar-refractivity contribution >= 4 is 28.8 Å². The fourth-order valence-corrected chi connectivity index (χ4v) is 3.84. The summed E-state index contributed by atoms with van der Waals surface area (Å²) in [6.07, 6.45) is 2.45. The summed E-state index contributed by atoms with van der Waals surface area (Å²) >= 11 is 7.72. The molecule has 1 fully saturated rings. The first kappa shape index (κ1) is 17.3. The maximum Gasteiger partial charge on any atom is 0.258 e. The number of hydrogen-bond donors (Lipinski definition) is 1. The zero-order chi connectivity index (χ0) is 16.8. The SMILES string of the molecule is O=C(COc1ccccc1Cl)NCC(c1ccsc1)N1CCCC1. The molecule has 2 aromatic rings. The standard InChI is InChI=1S/C18H21ClN2O2S/c19-15-5-1-2-6-17(15)23-12-18(22)20-11-16(14-7-10-24-13-14)21-8-3-4-9-21/h1-2,5-7,10,13,16H,3-4,8-9,11-12H2,(H,20,22). The molecule has 0 saturated carbocycles. The minimum Gasteiger partial charge on any atom is -0.482 e. The van der Waals surface area contributed by atoms with Gasteiger partial charge in [-0.1, -0.05) is 23.7 Å². The first-order chi connectivity index (χ1) is 11.7. The van der Waals surface area contributed by atoms with Gasteiger partial charge in [0.15, 0.2) is 6.61 Å². The van der Waals surface area contributed by atoms with E-state index in [1.165, 1.54) is 18.4 Å². The van der Waals surface area contributed by atoms with E-state index >= 15 is 0 Å². The van der Waals surface area contributed by atoms with Crippen LogP contribution in [0.25, 0.3) is 0 Å². The Morgan fingerprint density at radius 1 is 1.29 bits per heavy atom. The van der Waals surface area contributed by atoms with Gasteiger partial charge in [0.05, 0.1) is 11.1 Å². The van der Waals surface area contributed by atoms with E-state index in [9.17, 15) is 4.79 Å². The molecule has 1 saturated heterocycles. The van der Waals surface area contributed by atoms with Gasteiger partial charge in [0.25, 0.3) is 5.91 Å². The molecule has 6 heteroatoms. The normalized spacial score (nSPS) is 16.0. The Balaban J connectivity index is 1.52. The van der Waals surface area contributed by atoms with Gasteiger partial charge >= 0.3 is 0 Å². The van der Waals surface area contributed by atoms with Crippen molar-refractivity contribution in [1.29, 1.82) is 0 Å². The molecule has 4 nitrogen and oxygen atoms in total. The Hall–Kier alpha value is -1.56. The van der Waals surface area contributed by atoms with Gasteiger partial charge in [0.1, 0.15) is 5.75 Å². The first-order valence-corrected chi connectivity index (χ1v) is 9.46. The Kier molecular flexibility index (Phi) is 6.12. The molecule has 0 radical (unpaired) electrons. The zero-order valence-corrected chi connectivity index (χ0v) is 15.0. The molecule has 24 heavy (non-hydrogen) atoms. The molecule has 1 aromatic carbocycles. The molecular weight excluding hydrogens is 344 g/mol. The summed E-state index contributed by atoms with van der Waals surface area (Å²) in [6, 6.07) is 9.54. The van der Waals surface area contributed by atoms with Gasteiger partial charge in [-0.25, -0.2) is 0 Å². The topological polar surface area (TPSA) is 41.6 Å². The molecule has 2 heterocycles. The van der Waals surface area contributed by atoms with E-state index in [-0.39, 0.29) is 18.6 Å². The molecule has 1 aromatic heterocycles. The van der Waals surface area contributed by atoms with Crippen molar-refractivity contribution in [3.63, 3.8) is 0 Å². The van der Waals surface area contributed by atoms with Crippen molar-refractivity contribution in [3.8, 4) is 5.75 Å². The number of likely N-dealkylation sites (tertiary alicyclic amines) is 1. The van der Waals surface area contributed by atoms with Crippen molar-refractivity contribution in [2.75, 3.05) is 26.2 Å². The molecule has 1 aliphatic heterocycles. The number of ether oxygens (including phenoxy) is 1. The van der Waals surface area contributed by atoms with Crippen molar-refractivity contribution in [1.82, 2.24) is 10.2 Å². The monoisotopic (exact) mass is 364 g/mol. The van der Waals surface area contributed by atoms with Crippen molar-refractivity contribution in [2.45, 2.75) is 18.9 Å². The third-order valence-corrected chi connectivity index (χ3v) is 5.21. The van der Waals surface area contributed by atoms with Gasteiger partial charge < -0.3 is 10.1 Å². The number of para-hydroxylation sites is 1. The predicted molar refractivity (Wildman–Crippen MR) is 97.8 cm³/mol. The van der Waals surface area contributed by atoms with E-state index in [1.54, 1.807) is 23.5 Å². The third kappa shape index (κ3) is 4.50. The Morgan fingerprint density at radius 2 is 2.08 bits per heavy atom. The minimum atomic E-state index is -0.130. The molecular formula is C18H21ClN2O2S. The molecule has 1 N–H and O–H groups in total. The highest BCUT2D eigenvalue weighted by Crippen LogP contribution is 2.26. The number of nitrogens with one attached hydrogen (secondary N) is 1. The van der Waals surface area contributed by atoms with Crippen LogP contribution in [0.4, 0.5) is 0 Å². The number of amides is 1. The Bertz CT molecular complexity index is 657. The molecule has 1 unspecified atom stereocenters. The predicted octanol–water partition coefficient (Wildman–Crippen LogP) is 3.73. The van der Waals surface area contributed by atoms with Gasteiger partial charge in [-0.15, -0.1) is 0 Å². The van der Waals surface area contributed by atoms with Gasteiger partial charge in [0, 0.05) is 6.54 Å². The maximum absolute atomic E-state index is 12.1. The fraction of sp³-hybridized carbons (Fsp3) is 0.389. The fourth-order valence-electron chi connectivity index (χ4n) is 2.94. The lowest BCUT2D eigenvalue weighted by molar-refractivity contribution is -0.123. The van der Waals surface area contributed by atoms with Crippen LogP contribution in [0.15, 0.2) is 41.1 Å². The van der Waals surface area contributed by atoms with Gasteiger partial charge in [-0.2, -0.15) is 11.3 Å². The largest absolute Gasteiger partial charge is 0.482 e. The van der Waals surface area contributed by atoms with Crippen LogP contribution in [0.1, 0.15) is 24.4 Å². The quantitative estimate of drug-likeness (QED) is 0.813. The molecule has 3 rings (SSSR count). The molecule has 1 aliphatic rings. The average Bonchev–Trinajstić information content (AvgIpc) is 3.28. The smallest absolute Gasteiger partial charge is 0.258 e. The molecule has 0 bridgehead atoms. The number of carbonyl (C=O) groups is 1. The number of thiophene rings is 1. The Morgan fingerprint density at radius 3 is 2.79 bits per heavy atom. The summed E-state index contributed by atoms with van der Waals surface area (Å²) in [7, 11) is 0. The molecule has 0 aliphatic carbocycles. The summed E-state index contributed by atoms with van der Waals surface area (Å²) < 4.78 is 5.49. The number of benzene rings is 1. The lowest BCUT2D eigenvalue weighted by atomic mass is 10.1. The molecule has 128 valence electrons. The van der Waals surface area contributed by atoms with E-state index in [2.05, 4.69) is 27.0 Å². The highest BCUT2D eigenvalue weighted by Gasteiger charge is 2.24. The van der Waals surface area contributed by atoms with Gasteiger partial charge in [-0.05, 0) is 60.5 Å². The molecule has 1 atom stereocenters. The van der Waals surface area contributed by atoms with E-state index in [1.807, 2.05) is 12.1 Å². The van der Waals surface area contributed by atoms with Crippen molar-refractivity contribution < 1.29 is 9.53 Å². The highest BCUT2D eigenvalue weighted by molar-refractivity contribution is 7.07. The zero-order valence-electron chi connectivity index (χ0n) is 13.4. The molecule has 1 amide bonds. The van der Waals surface area contributed by atoms with Crippen molar-refractivity contribution in [3.05, 3.63) is 51.7 Å². The highest BCUT2D eigenvalue weighted by atomic mass is 35.5. The second-order valence-corrected chi connectivity index (χ2v) is 7.03. The van der Waals surface area contributed by atoms with E-state index in [0.717, 1.165) is 13.1 Å². The number of hydrogen-bond acceptors (Lipinski definition) is 4. The summed E-state index contributed by atoms with van der Waals surface area (Å²) in [6.45, 7) is 2.75. The summed E-state index contributed by atoms with van der Waals surface area (Å²) in [5.74, 6) is 0.401. The van der Waals surface area contributed by atoms with Crippen LogP contribution in [0.5, 0.6) is 5.75 Å². The van der Waals surface area contributed by atoms with E-state index in [0.29, 0.717) is 17.3 Å². The summed E-state index contributed by atoms with van der Waals surface area (Å²) in [4.78, 5) is 14.6. The van der Waals surface area contributed by atoms with Crippen LogP contribution in [0.2, 0.25) is 5.02 Å². The second-order valence-electron chi connectivity index (χ2n) is 5.84. The number of halogens is 1. The van der Waals surface area contributed by atoms with Crippen molar-refractivity contribution in [2.24, 2.45) is 0 Å². The number of carbonyl (C=O) groups excluding carboxylic acids is 1. The summed E-state index contributed by atoms with van der Waals surface area (Å²) in [5, 5.41) is 7.75. The second kappa shape index (κ2) is 8.51. The summed E-state index contributed by atoms with van der Waals surface area (Å²) in [5.41, 5.74) is 1.27. The van der Waals surface area contributed by atoms with Crippen LogP contribution < -0.4 is 10.1 Å². The van der Waals surface area contributed by atoms with E-state index < -0.39 is 0 Å². The Labute approximate surface area is 151 Å². The van der Waals surface area contributed by atoms with Gasteiger partial charge in [0.2, 0.25) is 0 Å². The lowest BCUT2D eigenvalue weighted by Gasteiger charge is -2.27. The number of rotatable bonds is 7. The van der Waals surface area contributed by atoms with E-state index in [4.69, 9.17) is 16.3 Å². The molecule has 0 spiro atoms. The first-order valence-electron chi connectivity index (χ1n) is 8.14. The minimum absolute atomic E-state index is 0.0277. The number of nitrogens with zero attached hydrogens (tertiary/aromatic N) is 1. The maximum atomic E-state index is 12.1. The van der Waals surface area contributed by atoms with Crippen LogP contribution in [-0.4, -0.2) is 37.0 Å². The van der Waals surface area contributed by atoms with Gasteiger partial charge in [-0.3, -0.25) is 9.69 Å². The van der Waals surface area contributed by atoms with Crippen LogP contribution >= 0.6 is 22.9 Å².